The lowest BCUT2D eigenvalue weighted by Crippen LogP contribution is -2.22. The van der Waals surface area contributed by atoms with E-state index in [0.717, 1.165) is 38.7 Å². The van der Waals surface area contributed by atoms with E-state index in [0.29, 0.717) is 5.16 Å². The van der Waals surface area contributed by atoms with Crippen LogP contribution in [0.2, 0.25) is 0 Å². The molecular weight excluding hydrogens is 394 g/mol. The molecule has 3 aromatic heterocycles. The van der Waals surface area contributed by atoms with E-state index in [1.54, 1.807) is 6.20 Å². The van der Waals surface area contributed by atoms with Crippen LogP contribution in [-0.2, 0) is 4.79 Å². The molecule has 0 aliphatic rings. The maximum Gasteiger partial charge on any atom is 0.237 e. The summed E-state index contributed by atoms with van der Waals surface area (Å²) in [5.41, 5.74) is 4.57. The van der Waals surface area contributed by atoms with E-state index in [1.165, 1.54) is 11.8 Å². The Balaban J connectivity index is 1.45. The van der Waals surface area contributed by atoms with Crippen molar-refractivity contribution in [3.8, 4) is 0 Å². The minimum Gasteiger partial charge on any atom is -0.324 e. The molecule has 3 heterocycles. The van der Waals surface area contributed by atoms with Crippen LogP contribution in [0.15, 0.2) is 72.0 Å². The average Bonchev–Trinajstić information content (AvgIpc) is 3.16. The molecule has 0 radical (unpaired) electrons. The highest BCUT2D eigenvalue weighted by Crippen LogP contribution is 2.29. The van der Waals surface area contributed by atoms with Gasteiger partial charge in [0.2, 0.25) is 5.91 Å². The van der Waals surface area contributed by atoms with Crippen LogP contribution in [0.4, 0.5) is 5.69 Å². The van der Waals surface area contributed by atoms with E-state index in [-0.39, 0.29) is 11.2 Å². The molecule has 5 aromatic rings. The fourth-order valence-corrected chi connectivity index (χ4v) is 4.48. The average molecular weight is 414 g/mol. The summed E-state index contributed by atoms with van der Waals surface area (Å²) in [6.45, 7) is 3.94. The number of carbonyl (C=O) groups is 1. The van der Waals surface area contributed by atoms with Crippen molar-refractivity contribution in [2.75, 3.05) is 5.32 Å². The Kier molecular flexibility index (Phi) is 4.59. The molecule has 6 nitrogen and oxygen atoms in total. The van der Waals surface area contributed by atoms with Crippen LogP contribution in [-0.4, -0.2) is 30.7 Å². The highest BCUT2D eigenvalue weighted by atomic mass is 32.2. The molecule has 0 saturated carbocycles. The van der Waals surface area contributed by atoms with Gasteiger partial charge in [-0.05, 0) is 55.8 Å². The first-order valence-electron chi connectivity index (χ1n) is 9.66. The van der Waals surface area contributed by atoms with E-state index >= 15 is 0 Å². The van der Waals surface area contributed by atoms with Crippen molar-refractivity contribution in [3.05, 3.63) is 72.4 Å². The van der Waals surface area contributed by atoms with Crippen LogP contribution in [0.3, 0.4) is 0 Å². The van der Waals surface area contributed by atoms with Gasteiger partial charge >= 0.3 is 0 Å². The lowest BCUT2D eigenvalue weighted by molar-refractivity contribution is -0.115. The summed E-state index contributed by atoms with van der Waals surface area (Å²) in [7, 11) is 0. The molecule has 2 aromatic carbocycles. The summed E-state index contributed by atoms with van der Waals surface area (Å²) in [5.74, 6) is -0.0930. The highest BCUT2D eigenvalue weighted by molar-refractivity contribution is 8.00. The fraction of sp³-hybridized carbons (Fsp3) is 0.130. The molecule has 0 aliphatic heterocycles. The smallest absolute Gasteiger partial charge is 0.237 e. The van der Waals surface area contributed by atoms with Crippen molar-refractivity contribution in [2.45, 2.75) is 24.3 Å². The zero-order chi connectivity index (χ0) is 20.7. The van der Waals surface area contributed by atoms with E-state index in [9.17, 15) is 4.79 Å². The van der Waals surface area contributed by atoms with Crippen molar-refractivity contribution >= 4 is 50.8 Å². The molecule has 5 rings (SSSR count). The normalized spacial score (nSPS) is 12.5. The zero-order valence-electron chi connectivity index (χ0n) is 16.5. The Morgan fingerprint density at radius 3 is 2.77 bits per heavy atom. The topological polar surface area (TPSA) is 72.2 Å². The SMILES string of the molecule is Cc1cc2nnc(SC(C)C(=O)Nc3cccc4ncccc34)n2c2ccccc12. The zero-order valence-corrected chi connectivity index (χ0v) is 17.4. The number of hydrogen-bond acceptors (Lipinski definition) is 5. The number of hydrogen-bond donors (Lipinski definition) is 1. The number of rotatable bonds is 4. The minimum absolute atomic E-state index is 0.0930. The molecule has 0 spiro atoms. The van der Waals surface area contributed by atoms with Gasteiger partial charge in [0.05, 0.1) is 22.0 Å². The highest BCUT2D eigenvalue weighted by Gasteiger charge is 2.20. The number of nitrogens with one attached hydrogen (secondary N) is 1. The number of fused-ring (bicyclic) bond motifs is 4. The van der Waals surface area contributed by atoms with Crippen molar-refractivity contribution in [3.63, 3.8) is 0 Å². The Bertz CT molecular complexity index is 1410. The first-order valence-corrected chi connectivity index (χ1v) is 10.5. The summed E-state index contributed by atoms with van der Waals surface area (Å²) < 4.78 is 2.01. The van der Waals surface area contributed by atoms with Gasteiger partial charge in [0, 0.05) is 17.0 Å². The van der Waals surface area contributed by atoms with E-state index < -0.39 is 0 Å². The molecule has 0 bridgehead atoms. The van der Waals surface area contributed by atoms with Gasteiger partial charge in [-0.15, -0.1) is 10.2 Å². The number of benzene rings is 2. The third kappa shape index (κ3) is 3.17. The number of carbonyl (C=O) groups excluding carboxylic acids is 1. The largest absolute Gasteiger partial charge is 0.324 e. The molecule has 1 amide bonds. The lowest BCUT2D eigenvalue weighted by atomic mass is 10.1. The Hall–Kier alpha value is -3.45. The molecule has 148 valence electrons. The van der Waals surface area contributed by atoms with Gasteiger partial charge in [-0.1, -0.05) is 36.0 Å². The molecule has 0 aliphatic carbocycles. The summed E-state index contributed by atoms with van der Waals surface area (Å²) in [5, 5.41) is 14.1. The van der Waals surface area contributed by atoms with Crippen molar-refractivity contribution in [1.29, 1.82) is 0 Å². The molecule has 0 fully saturated rings. The summed E-state index contributed by atoms with van der Waals surface area (Å²) >= 11 is 1.39. The predicted molar refractivity (Wildman–Crippen MR) is 121 cm³/mol. The number of aryl methyl sites for hydroxylation is 1. The van der Waals surface area contributed by atoms with E-state index in [1.807, 2.05) is 59.9 Å². The number of pyridine rings is 2. The molecule has 7 heteroatoms. The maximum absolute atomic E-state index is 12.9. The Morgan fingerprint density at radius 2 is 1.87 bits per heavy atom. The molecular formula is C23H19N5OS. The van der Waals surface area contributed by atoms with Gasteiger partial charge in [-0.3, -0.25) is 14.2 Å². The van der Waals surface area contributed by atoms with Crippen LogP contribution >= 0.6 is 11.8 Å². The molecule has 0 saturated heterocycles. The Morgan fingerprint density at radius 1 is 1.03 bits per heavy atom. The van der Waals surface area contributed by atoms with Crippen molar-refractivity contribution in [2.24, 2.45) is 0 Å². The van der Waals surface area contributed by atoms with Crippen LogP contribution < -0.4 is 5.32 Å². The molecule has 1 unspecified atom stereocenters. The monoisotopic (exact) mass is 413 g/mol. The van der Waals surface area contributed by atoms with Crippen molar-refractivity contribution in [1.82, 2.24) is 19.6 Å². The van der Waals surface area contributed by atoms with Crippen LogP contribution in [0, 0.1) is 6.92 Å². The number of thioether (sulfide) groups is 1. The van der Waals surface area contributed by atoms with Crippen molar-refractivity contribution < 1.29 is 4.79 Å². The van der Waals surface area contributed by atoms with Crippen LogP contribution in [0.1, 0.15) is 12.5 Å². The van der Waals surface area contributed by atoms with Gasteiger partial charge in [0.1, 0.15) is 0 Å². The fourth-order valence-electron chi connectivity index (χ4n) is 3.61. The van der Waals surface area contributed by atoms with Gasteiger partial charge < -0.3 is 5.32 Å². The number of nitrogens with zero attached hydrogens (tertiary/aromatic N) is 4. The number of anilines is 1. The third-order valence-corrected chi connectivity index (χ3v) is 6.17. The first kappa shape index (κ1) is 18.6. The second-order valence-electron chi connectivity index (χ2n) is 7.15. The van der Waals surface area contributed by atoms with Gasteiger partial charge in [0.25, 0.3) is 0 Å². The standard InChI is InChI=1S/C23H19N5OS/c1-14-13-21-26-27-23(28(21)20-11-4-3-7-16(14)20)30-15(2)22(29)25-19-10-5-9-18-17(19)8-6-12-24-18/h3-13,15H,1-2H3,(H,25,29). The summed E-state index contributed by atoms with van der Waals surface area (Å²) in [6, 6.07) is 19.7. The quantitative estimate of drug-likeness (QED) is 0.426. The lowest BCUT2D eigenvalue weighted by Gasteiger charge is -2.13. The third-order valence-electron chi connectivity index (χ3n) is 5.13. The molecule has 1 N–H and O–H groups in total. The van der Waals surface area contributed by atoms with E-state index in [4.69, 9.17) is 0 Å². The maximum atomic E-state index is 12.9. The molecule has 30 heavy (non-hydrogen) atoms. The van der Waals surface area contributed by atoms with Gasteiger partial charge in [-0.2, -0.15) is 0 Å². The predicted octanol–water partition coefficient (Wildman–Crippen LogP) is 4.86. The van der Waals surface area contributed by atoms with Gasteiger partial charge in [0.15, 0.2) is 10.8 Å². The first-order chi connectivity index (χ1) is 14.6. The number of amides is 1. The van der Waals surface area contributed by atoms with Crippen LogP contribution in [0.5, 0.6) is 0 Å². The van der Waals surface area contributed by atoms with E-state index in [2.05, 4.69) is 39.6 Å². The molecule has 1 atom stereocenters. The van der Waals surface area contributed by atoms with Crippen LogP contribution in [0.25, 0.3) is 27.5 Å². The minimum atomic E-state index is -0.357. The summed E-state index contributed by atoms with van der Waals surface area (Å²) in [4.78, 5) is 17.3. The summed E-state index contributed by atoms with van der Waals surface area (Å²) in [6.07, 6.45) is 1.74. The number of para-hydroxylation sites is 1. The second kappa shape index (κ2) is 7.42. The Labute approximate surface area is 177 Å². The number of aromatic nitrogens is 4. The van der Waals surface area contributed by atoms with Gasteiger partial charge in [-0.25, -0.2) is 0 Å². The second-order valence-corrected chi connectivity index (χ2v) is 8.45.